The molecule has 0 fully saturated rings. The molecular weight excluding hydrogens is 215 g/mol. The van der Waals surface area contributed by atoms with E-state index >= 15 is 0 Å². The molecule has 0 amide bonds. The second-order valence-electron chi connectivity index (χ2n) is 1.01. The van der Waals surface area contributed by atoms with Gasteiger partial charge in [-0.3, -0.25) is 0 Å². The number of halogens is 3. The zero-order valence-corrected chi connectivity index (χ0v) is 6.46. The first-order valence-corrected chi connectivity index (χ1v) is 3.40. The molecule has 6 heavy (non-hydrogen) atoms. The third kappa shape index (κ3) is 3.09. The van der Waals surface area contributed by atoms with E-state index in [-0.39, 0.29) is 4.83 Å². The van der Waals surface area contributed by atoms with E-state index in [2.05, 4.69) is 31.9 Å². The van der Waals surface area contributed by atoms with E-state index in [0.717, 1.165) is 0 Å². The molecular formula is C3H5Br2F. The number of hydrogen-bond acceptors (Lipinski definition) is 0. The second kappa shape index (κ2) is 2.97. The van der Waals surface area contributed by atoms with Crippen LogP contribution in [-0.2, 0) is 0 Å². The minimum Gasteiger partial charge on any atom is -0.234 e. The van der Waals surface area contributed by atoms with E-state index in [9.17, 15) is 4.39 Å². The molecule has 0 heterocycles. The average molecular weight is 220 g/mol. The molecule has 0 radical (unpaired) electrons. The van der Waals surface area contributed by atoms with Crippen LogP contribution in [0, 0.1) is 0 Å². The molecule has 0 aliphatic carbocycles. The van der Waals surface area contributed by atoms with Crippen LogP contribution in [0.1, 0.15) is 6.92 Å². The molecule has 3 heteroatoms. The first kappa shape index (κ1) is 6.89. The Morgan fingerprint density at radius 3 is 1.67 bits per heavy atom. The molecule has 0 saturated carbocycles. The second-order valence-corrected chi connectivity index (χ2v) is 3.33. The van der Waals surface area contributed by atoms with Crippen molar-refractivity contribution < 1.29 is 4.39 Å². The minimum absolute atomic E-state index is 0.0856. The van der Waals surface area contributed by atoms with E-state index in [0.29, 0.717) is 0 Å². The van der Waals surface area contributed by atoms with E-state index in [1.54, 1.807) is 6.92 Å². The summed E-state index contributed by atoms with van der Waals surface area (Å²) in [7, 11) is 0. The Labute approximate surface area is 53.4 Å². The van der Waals surface area contributed by atoms with E-state index in [1.165, 1.54) is 0 Å². The smallest absolute Gasteiger partial charge is 0.167 e. The van der Waals surface area contributed by atoms with Gasteiger partial charge in [0.05, 0.1) is 4.83 Å². The fraction of sp³-hybridized carbons (Fsp3) is 1.00. The van der Waals surface area contributed by atoms with Crippen LogP contribution in [0.15, 0.2) is 0 Å². The van der Waals surface area contributed by atoms with Gasteiger partial charge in [-0.2, -0.15) is 0 Å². The Bertz CT molecular complexity index is 29.8. The van der Waals surface area contributed by atoms with Gasteiger partial charge >= 0.3 is 0 Å². The van der Waals surface area contributed by atoms with Gasteiger partial charge < -0.3 is 0 Å². The Hall–Kier alpha value is 0.890. The summed E-state index contributed by atoms with van der Waals surface area (Å²) in [6.07, 6.45) is 0. The minimum atomic E-state index is -0.919. The highest BCUT2D eigenvalue weighted by atomic mass is 79.9. The van der Waals surface area contributed by atoms with Gasteiger partial charge in [-0.1, -0.05) is 31.9 Å². The molecule has 0 aromatic rings. The summed E-state index contributed by atoms with van der Waals surface area (Å²) in [6, 6.07) is 0. The predicted molar refractivity (Wildman–Crippen MR) is 32.2 cm³/mol. The number of rotatable bonds is 1. The normalized spacial score (nSPS) is 20.0. The van der Waals surface area contributed by atoms with Gasteiger partial charge in [0, 0.05) is 0 Å². The predicted octanol–water partition coefficient (Wildman–Crippen LogP) is 2.46. The van der Waals surface area contributed by atoms with Gasteiger partial charge in [-0.15, -0.1) is 0 Å². The third-order valence-electron chi connectivity index (χ3n) is 0.347. The summed E-state index contributed by atoms with van der Waals surface area (Å²) in [6.45, 7) is 1.74. The number of alkyl halides is 3. The maximum Gasteiger partial charge on any atom is 0.167 e. The molecule has 2 atom stereocenters. The quantitative estimate of drug-likeness (QED) is 0.595. The lowest BCUT2D eigenvalue weighted by Gasteiger charge is -1.97. The van der Waals surface area contributed by atoms with Gasteiger partial charge in [0.15, 0.2) is 5.08 Å². The lowest BCUT2D eigenvalue weighted by molar-refractivity contribution is 0.463. The number of hydrogen-bond donors (Lipinski definition) is 0. The maximum absolute atomic E-state index is 11.7. The van der Waals surface area contributed by atoms with Crippen LogP contribution in [0.5, 0.6) is 0 Å². The molecule has 0 rings (SSSR count). The highest BCUT2D eigenvalue weighted by Gasteiger charge is 2.05. The van der Waals surface area contributed by atoms with E-state index in [1.807, 2.05) is 0 Å². The summed E-state index contributed by atoms with van der Waals surface area (Å²) in [4.78, 5) is -0.0856. The van der Waals surface area contributed by atoms with Crippen molar-refractivity contribution in [3.63, 3.8) is 0 Å². The molecule has 38 valence electrons. The zero-order valence-electron chi connectivity index (χ0n) is 3.29. The SMILES string of the molecule is C[C@H](Br)[C@H](F)Br. The lowest BCUT2D eigenvalue weighted by Crippen LogP contribution is -2.00. The van der Waals surface area contributed by atoms with Crippen molar-refractivity contribution in [2.75, 3.05) is 0 Å². The highest BCUT2D eigenvalue weighted by Crippen LogP contribution is 2.13. The standard InChI is InChI=1S/C3H5Br2F/c1-2(4)3(5)6/h2-3H,1H3/t2-,3-/m0/s1. The summed E-state index contributed by atoms with van der Waals surface area (Å²) < 4.78 is 11.7. The lowest BCUT2D eigenvalue weighted by atomic mass is 10.6. The summed E-state index contributed by atoms with van der Waals surface area (Å²) in [5.41, 5.74) is 0. The summed E-state index contributed by atoms with van der Waals surface area (Å²) in [5.74, 6) is 0. The Morgan fingerprint density at radius 1 is 1.50 bits per heavy atom. The summed E-state index contributed by atoms with van der Waals surface area (Å²) >= 11 is 5.74. The van der Waals surface area contributed by atoms with Crippen molar-refractivity contribution in [2.24, 2.45) is 0 Å². The molecule has 0 aliphatic rings. The largest absolute Gasteiger partial charge is 0.234 e. The molecule has 0 unspecified atom stereocenters. The average Bonchev–Trinajstić information content (AvgIpc) is 1.36. The highest BCUT2D eigenvalue weighted by molar-refractivity contribution is 9.12. The fourth-order valence-corrected chi connectivity index (χ4v) is 0. The van der Waals surface area contributed by atoms with Crippen molar-refractivity contribution >= 4 is 31.9 Å². The Kier molecular flexibility index (Phi) is 3.41. The van der Waals surface area contributed by atoms with Crippen molar-refractivity contribution in [2.45, 2.75) is 16.8 Å². The van der Waals surface area contributed by atoms with Crippen molar-refractivity contribution in [1.29, 1.82) is 0 Å². The molecule has 0 saturated heterocycles. The van der Waals surface area contributed by atoms with E-state index in [4.69, 9.17) is 0 Å². The fourth-order valence-electron chi connectivity index (χ4n) is 0. The first-order chi connectivity index (χ1) is 2.64. The molecule has 0 spiro atoms. The molecule has 0 aromatic heterocycles. The zero-order chi connectivity index (χ0) is 5.15. The van der Waals surface area contributed by atoms with Gasteiger partial charge in [0.1, 0.15) is 0 Å². The molecule has 0 bridgehead atoms. The van der Waals surface area contributed by atoms with Gasteiger partial charge in [-0.25, -0.2) is 4.39 Å². The maximum atomic E-state index is 11.7. The van der Waals surface area contributed by atoms with Gasteiger partial charge in [-0.05, 0) is 6.92 Å². The third-order valence-corrected chi connectivity index (χ3v) is 2.31. The van der Waals surface area contributed by atoms with Crippen LogP contribution in [0.4, 0.5) is 4.39 Å². The molecule has 0 N–H and O–H groups in total. The van der Waals surface area contributed by atoms with Crippen molar-refractivity contribution in [3.05, 3.63) is 0 Å². The molecule has 0 aromatic carbocycles. The van der Waals surface area contributed by atoms with Crippen LogP contribution in [-0.4, -0.2) is 9.91 Å². The topological polar surface area (TPSA) is 0 Å². The van der Waals surface area contributed by atoms with E-state index < -0.39 is 5.08 Å². The van der Waals surface area contributed by atoms with Crippen LogP contribution in [0.3, 0.4) is 0 Å². The molecule has 0 nitrogen and oxygen atoms in total. The van der Waals surface area contributed by atoms with Gasteiger partial charge in [0.2, 0.25) is 0 Å². The Balaban J connectivity index is 2.99. The van der Waals surface area contributed by atoms with Crippen LogP contribution < -0.4 is 0 Å². The Morgan fingerprint density at radius 2 is 1.67 bits per heavy atom. The monoisotopic (exact) mass is 218 g/mol. The van der Waals surface area contributed by atoms with Crippen LogP contribution in [0.2, 0.25) is 0 Å². The first-order valence-electron chi connectivity index (χ1n) is 1.57. The van der Waals surface area contributed by atoms with Crippen molar-refractivity contribution in [3.8, 4) is 0 Å². The summed E-state index contributed by atoms with van der Waals surface area (Å²) in [5, 5.41) is -0.919. The molecule has 0 aliphatic heterocycles. The van der Waals surface area contributed by atoms with Gasteiger partial charge in [0.25, 0.3) is 0 Å². The van der Waals surface area contributed by atoms with Crippen LogP contribution >= 0.6 is 31.9 Å². The van der Waals surface area contributed by atoms with Crippen molar-refractivity contribution in [1.82, 2.24) is 0 Å². The van der Waals surface area contributed by atoms with Crippen LogP contribution in [0.25, 0.3) is 0 Å².